The van der Waals surface area contributed by atoms with Crippen molar-refractivity contribution >= 4 is 39.2 Å². The first-order valence-electron chi connectivity index (χ1n) is 10.3. The van der Waals surface area contributed by atoms with Crippen LogP contribution in [0.3, 0.4) is 0 Å². The van der Waals surface area contributed by atoms with E-state index in [-0.39, 0.29) is 17.5 Å². The number of hydrogen-bond acceptors (Lipinski definition) is 5. The van der Waals surface area contributed by atoms with Crippen molar-refractivity contribution in [1.82, 2.24) is 14.5 Å². The molecule has 1 aliphatic rings. The Kier molecular flexibility index (Phi) is 6.02. The molecule has 0 saturated heterocycles. The summed E-state index contributed by atoms with van der Waals surface area (Å²) in [6, 6.07) is 9.92. The van der Waals surface area contributed by atoms with E-state index in [1.54, 1.807) is 30.3 Å². The molecule has 2 aromatic heterocycles. The van der Waals surface area contributed by atoms with E-state index in [0.29, 0.717) is 5.16 Å². The van der Waals surface area contributed by atoms with Crippen LogP contribution in [0.2, 0.25) is 0 Å². The molecule has 30 heavy (non-hydrogen) atoms. The number of fused-ring (bicyclic) bond motifs is 1. The molecule has 0 radical (unpaired) electrons. The Balaban J connectivity index is 1.88. The zero-order chi connectivity index (χ0) is 21.4. The van der Waals surface area contributed by atoms with Crippen LogP contribution in [-0.4, -0.2) is 34.5 Å². The molecule has 0 bridgehead atoms. The summed E-state index contributed by atoms with van der Waals surface area (Å²) in [6.45, 7) is 4.04. The van der Waals surface area contributed by atoms with Gasteiger partial charge in [-0.1, -0.05) is 54.9 Å². The largest absolute Gasteiger partial charge is 0.348 e. The number of amides is 1. The molecule has 1 fully saturated rings. The van der Waals surface area contributed by atoms with Crippen LogP contribution in [0, 0.1) is 13.8 Å². The summed E-state index contributed by atoms with van der Waals surface area (Å²) in [5.74, 6) is -0.00272. The minimum Gasteiger partial charge on any atom is -0.348 e. The van der Waals surface area contributed by atoms with Gasteiger partial charge >= 0.3 is 0 Å². The van der Waals surface area contributed by atoms with Crippen molar-refractivity contribution in [2.75, 3.05) is 14.1 Å². The van der Waals surface area contributed by atoms with Gasteiger partial charge in [0.25, 0.3) is 5.56 Å². The van der Waals surface area contributed by atoms with Gasteiger partial charge in [-0.2, -0.15) is 0 Å². The minimum absolute atomic E-state index is 0.00272. The zero-order valence-electron chi connectivity index (χ0n) is 17.8. The molecule has 7 heteroatoms. The van der Waals surface area contributed by atoms with E-state index in [2.05, 4.69) is 0 Å². The third kappa shape index (κ3) is 3.81. The lowest BCUT2D eigenvalue weighted by molar-refractivity contribution is -0.128. The number of likely N-dealkylation sites (N-methyl/N-ethyl adjacent to an activating group) is 1. The molecule has 0 aliphatic heterocycles. The summed E-state index contributed by atoms with van der Waals surface area (Å²) in [5.41, 5.74) is 1.99. The SMILES string of the molecule is Cc1sc2nc(SC(C(=O)N(C)C)c3ccccc3)n(C3CCCC3)c(=O)c2c1C. The van der Waals surface area contributed by atoms with Crippen molar-refractivity contribution < 1.29 is 4.79 Å². The van der Waals surface area contributed by atoms with Gasteiger partial charge < -0.3 is 4.90 Å². The lowest BCUT2D eigenvalue weighted by Gasteiger charge is -2.23. The van der Waals surface area contributed by atoms with E-state index in [4.69, 9.17) is 4.98 Å². The Bertz CT molecular complexity index is 1130. The van der Waals surface area contributed by atoms with Gasteiger partial charge in [0, 0.05) is 25.0 Å². The number of thioether (sulfide) groups is 1. The zero-order valence-corrected chi connectivity index (χ0v) is 19.5. The fraction of sp³-hybridized carbons (Fsp3) is 0.435. The third-order valence-electron chi connectivity index (χ3n) is 5.88. The molecular formula is C23H27N3O2S2. The summed E-state index contributed by atoms with van der Waals surface area (Å²) in [7, 11) is 3.54. The molecule has 1 aromatic carbocycles. The Morgan fingerprint density at radius 3 is 2.50 bits per heavy atom. The van der Waals surface area contributed by atoms with E-state index < -0.39 is 5.25 Å². The molecule has 158 valence electrons. The van der Waals surface area contributed by atoms with Gasteiger partial charge in [0.05, 0.1) is 5.39 Å². The van der Waals surface area contributed by atoms with Crippen LogP contribution in [-0.2, 0) is 4.79 Å². The number of carbonyl (C=O) groups is 1. The summed E-state index contributed by atoms with van der Waals surface area (Å²) < 4.78 is 1.89. The van der Waals surface area contributed by atoms with Gasteiger partial charge in [-0.15, -0.1) is 11.3 Å². The van der Waals surface area contributed by atoms with Crippen molar-refractivity contribution in [2.45, 2.75) is 56.0 Å². The minimum atomic E-state index is -0.444. The van der Waals surface area contributed by atoms with Crippen molar-refractivity contribution in [1.29, 1.82) is 0 Å². The van der Waals surface area contributed by atoms with Crippen molar-refractivity contribution in [3.8, 4) is 0 Å². The molecular weight excluding hydrogens is 414 g/mol. The molecule has 0 spiro atoms. The highest BCUT2D eigenvalue weighted by atomic mass is 32.2. The Morgan fingerprint density at radius 1 is 1.20 bits per heavy atom. The van der Waals surface area contributed by atoms with Gasteiger partial charge in [-0.05, 0) is 37.8 Å². The van der Waals surface area contributed by atoms with Gasteiger partial charge in [-0.3, -0.25) is 14.2 Å². The van der Waals surface area contributed by atoms with E-state index in [9.17, 15) is 9.59 Å². The summed E-state index contributed by atoms with van der Waals surface area (Å²) in [6.07, 6.45) is 4.22. The van der Waals surface area contributed by atoms with E-state index >= 15 is 0 Å². The second-order valence-corrected chi connectivity index (χ2v) is 10.4. The Labute approximate surface area is 185 Å². The molecule has 1 aliphatic carbocycles. The highest BCUT2D eigenvalue weighted by Crippen LogP contribution is 2.40. The molecule has 4 rings (SSSR count). The van der Waals surface area contributed by atoms with Crippen LogP contribution in [0.1, 0.15) is 53.0 Å². The van der Waals surface area contributed by atoms with Gasteiger partial charge in [-0.25, -0.2) is 4.98 Å². The van der Waals surface area contributed by atoms with Gasteiger partial charge in [0.1, 0.15) is 10.1 Å². The average molecular weight is 442 g/mol. The van der Waals surface area contributed by atoms with Crippen molar-refractivity contribution in [2.24, 2.45) is 0 Å². The van der Waals surface area contributed by atoms with Gasteiger partial charge in [0.15, 0.2) is 5.16 Å². The second kappa shape index (κ2) is 8.55. The van der Waals surface area contributed by atoms with E-state index in [1.165, 1.54) is 11.8 Å². The number of carbonyl (C=O) groups excluding carboxylic acids is 1. The molecule has 2 heterocycles. The quantitative estimate of drug-likeness (QED) is 0.408. The number of benzene rings is 1. The summed E-state index contributed by atoms with van der Waals surface area (Å²) in [4.78, 5) is 35.1. The van der Waals surface area contributed by atoms with Crippen molar-refractivity contribution in [3.63, 3.8) is 0 Å². The lowest BCUT2D eigenvalue weighted by atomic mass is 10.1. The normalized spacial score (nSPS) is 15.6. The number of hydrogen-bond donors (Lipinski definition) is 0. The van der Waals surface area contributed by atoms with Crippen LogP contribution in [0.25, 0.3) is 10.2 Å². The summed E-state index contributed by atoms with van der Waals surface area (Å²) >= 11 is 2.97. The highest BCUT2D eigenvalue weighted by Gasteiger charge is 2.30. The third-order valence-corrected chi connectivity index (χ3v) is 8.19. The molecule has 0 N–H and O–H groups in total. The van der Waals surface area contributed by atoms with Crippen LogP contribution in [0.4, 0.5) is 0 Å². The smallest absolute Gasteiger partial charge is 0.263 e. The predicted octanol–water partition coefficient (Wildman–Crippen LogP) is 5.11. The van der Waals surface area contributed by atoms with Crippen LogP contribution < -0.4 is 5.56 Å². The fourth-order valence-corrected chi connectivity index (χ4v) is 6.47. The maximum atomic E-state index is 13.6. The fourth-order valence-electron chi connectivity index (χ4n) is 4.08. The monoisotopic (exact) mass is 441 g/mol. The molecule has 1 saturated carbocycles. The maximum absolute atomic E-state index is 13.6. The number of rotatable bonds is 5. The number of aromatic nitrogens is 2. The predicted molar refractivity (Wildman–Crippen MR) is 125 cm³/mol. The molecule has 1 amide bonds. The van der Waals surface area contributed by atoms with Crippen LogP contribution in [0.5, 0.6) is 0 Å². The topological polar surface area (TPSA) is 55.2 Å². The Hall–Kier alpha value is -2.12. The number of thiophene rings is 1. The molecule has 1 unspecified atom stereocenters. The standard InChI is InChI=1S/C23H27N3O2S2/c1-14-15(2)29-20-18(14)21(27)26(17-12-8-9-13-17)23(24-20)30-19(22(28)25(3)4)16-10-6-5-7-11-16/h5-7,10-11,17,19H,8-9,12-13H2,1-4H3. The number of aryl methyl sites for hydroxylation is 2. The summed E-state index contributed by atoms with van der Waals surface area (Å²) in [5, 5.41) is 0.953. The first-order valence-corrected chi connectivity index (χ1v) is 12.0. The lowest BCUT2D eigenvalue weighted by Crippen LogP contribution is -2.29. The van der Waals surface area contributed by atoms with Crippen LogP contribution in [0.15, 0.2) is 40.3 Å². The van der Waals surface area contributed by atoms with E-state index in [0.717, 1.165) is 51.9 Å². The maximum Gasteiger partial charge on any atom is 0.263 e. The van der Waals surface area contributed by atoms with E-state index in [1.807, 2.05) is 48.7 Å². The Morgan fingerprint density at radius 2 is 1.87 bits per heavy atom. The first-order chi connectivity index (χ1) is 14.4. The molecule has 1 atom stereocenters. The van der Waals surface area contributed by atoms with Crippen molar-refractivity contribution in [3.05, 3.63) is 56.7 Å². The van der Waals surface area contributed by atoms with Crippen LogP contribution >= 0.6 is 23.1 Å². The highest BCUT2D eigenvalue weighted by molar-refractivity contribution is 8.00. The molecule has 3 aromatic rings. The average Bonchev–Trinajstić information content (AvgIpc) is 3.35. The molecule has 5 nitrogen and oxygen atoms in total. The number of nitrogens with zero attached hydrogens (tertiary/aromatic N) is 3. The van der Waals surface area contributed by atoms with Gasteiger partial charge in [0.2, 0.25) is 5.91 Å². The first kappa shape index (κ1) is 21.1. The second-order valence-electron chi connectivity index (χ2n) is 8.11.